The molecule has 0 spiro atoms. The van der Waals surface area contributed by atoms with Gasteiger partial charge in [0.15, 0.2) is 11.6 Å². The van der Waals surface area contributed by atoms with Gasteiger partial charge in [0, 0.05) is 21.3 Å². The van der Waals surface area contributed by atoms with Gasteiger partial charge in [0.2, 0.25) is 0 Å². The summed E-state index contributed by atoms with van der Waals surface area (Å²) in [6, 6.07) is 16.4. The molecule has 0 unspecified atom stereocenters. The first kappa shape index (κ1) is 21.7. The number of nitrogens with one attached hydrogen (secondary N) is 2. The van der Waals surface area contributed by atoms with Crippen LogP contribution >= 0.6 is 11.3 Å². The maximum atomic E-state index is 13.5. The second-order valence-electron chi connectivity index (χ2n) is 7.72. The Balaban J connectivity index is 1.28. The van der Waals surface area contributed by atoms with E-state index in [-0.39, 0.29) is 18.7 Å². The van der Waals surface area contributed by atoms with Gasteiger partial charge in [0.05, 0.1) is 24.8 Å². The van der Waals surface area contributed by atoms with Crippen LogP contribution in [0.3, 0.4) is 0 Å². The van der Waals surface area contributed by atoms with Crippen molar-refractivity contribution in [3.8, 4) is 10.4 Å². The van der Waals surface area contributed by atoms with Gasteiger partial charge < -0.3 is 9.88 Å². The number of aromatic nitrogens is 3. The van der Waals surface area contributed by atoms with Gasteiger partial charge in [-0.1, -0.05) is 12.1 Å². The molecule has 0 saturated heterocycles. The molecular formula is C25H18F2N4O2S. The highest BCUT2D eigenvalue weighted by atomic mass is 32.1. The Labute approximate surface area is 196 Å². The zero-order chi connectivity index (χ0) is 23.7. The fourth-order valence-electron chi connectivity index (χ4n) is 3.66. The fourth-order valence-corrected chi connectivity index (χ4v) is 4.60. The molecule has 0 aliphatic carbocycles. The number of hydrogen-bond donors (Lipinski definition) is 2. The van der Waals surface area contributed by atoms with Crippen molar-refractivity contribution in [3.63, 3.8) is 0 Å². The smallest absolute Gasteiger partial charge is 0.263 e. The van der Waals surface area contributed by atoms with E-state index in [0.29, 0.717) is 5.56 Å². The lowest BCUT2D eigenvalue weighted by Crippen LogP contribution is -2.32. The summed E-state index contributed by atoms with van der Waals surface area (Å²) in [6.07, 6.45) is 3.27. The molecule has 0 bridgehead atoms. The monoisotopic (exact) mass is 476 g/mol. The van der Waals surface area contributed by atoms with E-state index in [1.165, 1.54) is 22.9 Å². The summed E-state index contributed by atoms with van der Waals surface area (Å²) in [6.45, 7) is 0.293. The van der Waals surface area contributed by atoms with Crippen molar-refractivity contribution in [2.45, 2.75) is 13.1 Å². The van der Waals surface area contributed by atoms with E-state index in [0.717, 1.165) is 38.4 Å². The van der Waals surface area contributed by atoms with Gasteiger partial charge in [0.1, 0.15) is 5.56 Å². The average Bonchev–Trinajstić information content (AvgIpc) is 3.50. The molecule has 1 amide bonds. The van der Waals surface area contributed by atoms with Crippen LogP contribution in [0, 0.1) is 11.6 Å². The SMILES string of the molecule is O=C(NCc1ccc(-c2ccc3[nH]ncc3c2)s1)c1cccn(Cc2ccc(F)c(F)c2)c1=O. The Morgan fingerprint density at radius 2 is 1.94 bits per heavy atom. The molecule has 5 rings (SSSR count). The quantitative estimate of drug-likeness (QED) is 0.373. The number of benzene rings is 2. The van der Waals surface area contributed by atoms with Crippen molar-refractivity contribution < 1.29 is 13.6 Å². The van der Waals surface area contributed by atoms with Crippen LogP contribution in [0.25, 0.3) is 21.3 Å². The molecule has 0 radical (unpaired) electrons. The molecule has 2 N–H and O–H groups in total. The predicted octanol–water partition coefficient (Wildman–Crippen LogP) is 4.71. The third kappa shape index (κ3) is 4.38. The second-order valence-corrected chi connectivity index (χ2v) is 8.89. The van der Waals surface area contributed by atoms with Crippen molar-refractivity contribution >= 4 is 28.1 Å². The van der Waals surface area contributed by atoms with Crippen LogP contribution in [0.1, 0.15) is 20.8 Å². The lowest BCUT2D eigenvalue weighted by atomic mass is 10.1. The maximum Gasteiger partial charge on any atom is 0.263 e. The summed E-state index contributed by atoms with van der Waals surface area (Å²) in [5.74, 6) is -2.44. The fraction of sp³-hybridized carbons (Fsp3) is 0.0800. The van der Waals surface area contributed by atoms with E-state index in [9.17, 15) is 18.4 Å². The van der Waals surface area contributed by atoms with E-state index >= 15 is 0 Å². The number of rotatable bonds is 6. The first-order chi connectivity index (χ1) is 16.5. The molecular weight excluding hydrogens is 458 g/mol. The van der Waals surface area contributed by atoms with Gasteiger partial charge in [0.25, 0.3) is 11.5 Å². The van der Waals surface area contributed by atoms with Crippen LogP contribution < -0.4 is 10.9 Å². The molecule has 170 valence electrons. The Morgan fingerprint density at radius 1 is 1.06 bits per heavy atom. The molecule has 34 heavy (non-hydrogen) atoms. The van der Waals surface area contributed by atoms with Gasteiger partial charge >= 0.3 is 0 Å². The molecule has 5 aromatic rings. The zero-order valence-electron chi connectivity index (χ0n) is 17.7. The lowest BCUT2D eigenvalue weighted by Gasteiger charge is -2.09. The van der Waals surface area contributed by atoms with Gasteiger partial charge in [-0.05, 0) is 59.7 Å². The highest BCUT2D eigenvalue weighted by Gasteiger charge is 2.14. The number of nitrogens with zero attached hydrogens (tertiary/aromatic N) is 2. The molecule has 6 nitrogen and oxygen atoms in total. The number of H-pyrrole nitrogens is 1. The van der Waals surface area contributed by atoms with E-state index in [1.807, 2.05) is 30.3 Å². The number of fused-ring (bicyclic) bond motifs is 1. The molecule has 0 aliphatic rings. The summed E-state index contributed by atoms with van der Waals surface area (Å²) in [4.78, 5) is 27.5. The molecule has 0 aliphatic heterocycles. The molecule has 9 heteroatoms. The number of amides is 1. The van der Waals surface area contributed by atoms with Crippen molar-refractivity contribution in [1.82, 2.24) is 20.1 Å². The summed E-state index contributed by atoms with van der Waals surface area (Å²) >= 11 is 1.55. The molecule has 2 aromatic carbocycles. The number of carbonyl (C=O) groups excluding carboxylic acids is 1. The summed E-state index contributed by atoms with van der Waals surface area (Å²) in [5, 5.41) is 10.8. The highest BCUT2D eigenvalue weighted by molar-refractivity contribution is 7.15. The summed E-state index contributed by atoms with van der Waals surface area (Å²) in [5.41, 5.74) is 1.90. The van der Waals surface area contributed by atoms with Gasteiger partial charge in [-0.15, -0.1) is 11.3 Å². The topological polar surface area (TPSA) is 79.8 Å². The van der Waals surface area contributed by atoms with Crippen molar-refractivity contribution in [3.05, 3.63) is 111 Å². The van der Waals surface area contributed by atoms with E-state index in [4.69, 9.17) is 0 Å². The van der Waals surface area contributed by atoms with Gasteiger partial charge in [-0.2, -0.15) is 5.10 Å². The standard InChI is InChI=1S/C25H18F2N4O2S/c26-20-6-3-15(10-21(20)27)14-31-9-1-2-19(25(31)33)24(32)28-13-18-5-8-23(34-18)16-4-7-22-17(11-16)12-29-30-22/h1-12H,13-14H2,(H,28,32)(H,29,30). The number of carbonyl (C=O) groups is 1. The molecule has 3 aromatic heterocycles. The normalized spacial score (nSPS) is 11.1. The minimum atomic E-state index is -0.987. The van der Waals surface area contributed by atoms with Crippen LogP contribution in [-0.2, 0) is 13.1 Å². The number of thiophene rings is 1. The maximum absolute atomic E-state index is 13.5. The molecule has 3 heterocycles. The zero-order valence-corrected chi connectivity index (χ0v) is 18.5. The number of aromatic amines is 1. The summed E-state index contributed by atoms with van der Waals surface area (Å²) < 4.78 is 27.9. The van der Waals surface area contributed by atoms with Crippen molar-refractivity contribution in [2.75, 3.05) is 0 Å². The Morgan fingerprint density at radius 3 is 2.79 bits per heavy atom. The minimum Gasteiger partial charge on any atom is -0.347 e. The third-order valence-corrected chi connectivity index (χ3v) is 6.55. The highest BCUT2D eigenvalue weighted by Crippen LogP contribution is 2.30. The van der Waals surface area contributed by atoms with E-state index in [1.54, 1.807) is 23.6 Å². The molecule has 0 atom stereocenters. The third-order valence-electron chi connectivity index (χ3n) is 5.41. The largest absolute Gasteiger partial charge is 0.347 e. The van der Waals surface area contributed by atoms with Crippen molar-refractivity contribution in [2.24, 2.45) is 0 Å². The number of pyridine rings is 1. The second kappa shape index (κ2) is 9.03. The first-order valence-corrected chi connectivity index (χ1v) is 11.2. The van der Waals surface area contributed by atoms with Crippen LogP contribution in [0.15, 0.2) is 77.9 Å². The number of hydrogen-bond acceptors (Lipinski definition) is 4. The minimum absolute atomic E-state index is 0.0203. The first-order valence-electron chi connectivity index (χ1n) is 10.4. The van der Waals surface area contributed by atoms with Gasteiger partial charge in [-0.25, -0.2) is 8.78 Å². The molecule has 0 saturated carbocycles. The van der Waals surface area contributed by atoms with Crippen LogP contribution in [-0.4, -0.2) is 20.7 Å². The predicted molar refractivity (Wildman–Crippen MR) is 127 cm³/mol. The number of halogens is 2. The van der Waals surface area contributed by atoms with Crippen molar-refractivity contribution in [1.29, 1.82) is 0 Å². The Bertz CT molecular complexity index is 1570. The summed E-state index contributed by atoms with van der Waals surface area (Å²) in [7, 11) is 0. The van der Waals surface area contributed by atoms with E-state index < -0.39 is 23.1 Å². The Hall–Kier alpha value is -4.11. The Kier molecular flexibility index (Phi) is 5.77. The van der Waals surface area contributed by atoms with Crippen LogP contribution in [0.4, 0.5) is 8.78 Å². The van der Waals surface area contributed by atoms with Gasteiger partial charge in [-0.3, -0.25) is 14.7 Å². The lowest BCUT2D eigenvalue weighted by molar-refractivity contribution is 0.0949. The van der Waals surface area contributed by atoms with Crippen LogP contribution in [0.2, 0.25) is 0 Å². The van der Waals surface area contributed by atoms with Crippen LogP contribution in [0.5, 0.6) is 0 Å². The van der Waals surface area contributed by atoms with E-state index in [2.05, 4.69) is 15.5 Å². The molecule has 0 fully saturated rings. The average molecular weight is 477 g/mol.